The normalized spacial score (nSPS) is 20.6. The molecule has 1 rings (SSSR count). The maximum Gasteiger partial charge on any atom is 0 e. The van der Waals surface area contributed by atoms with Crippen molar-refractivity contribution in [1.82, 2.24) is 0 Å². The van der Waals surface area contributed by atoms with E-state index in [1.165, 1.54) is 38.5 Å². The van der Waals surface area contributed by atoms with E-state index in [9.17, 15) is 0 Å². The first-order chi connectivity index (χ1) is 3.00. The van der Waals surface area contributed by atoms with Gasteiger partial charge >= 0.3 is 0 Å². The van der Waals surface area contributed by atoms with Crippen LogP contribution in [0.2, 0.25) is 0 Å². The van der Waals surface area contributed by atoms with E-state index in [0.717, 1.165) is 0 Å². The average Bonchev–Trinajstić information content (AvgIpc) is 1.72. The minimum absolute atomic E-state index is 0. The van der Waals surface area contributed by atoms with Crippen LogP contribution < -0.4 is 0 Å². The van der Waals surface area contributed by atoms with Crippen LogP contribution in [0.15, 0.2) is 0 Å². The molecule has 1 aliphatic carbocycles. The number of rotatable bonds is 0. The standard InChI is InChI=1S/C6H12.Ni/c1-2-4-6-5-3-1;/h1-6H2;. The Morgan fingerprint density at radius 2 is 0.571 bits per heavy atom. The summed E-state index contributed by atoms with van der Waals surface area (Å²) in [7, 11) is 0. The van der Waals surface area contributed by atoms with E-state index in [1.54, 1.807) is 0 Å². The molecule has 1 aliphatic rings. The molecule has 1 saturated carbocycles. The Balaban J connectivity index is 0.000000360. The first kappa shape index (κ1) is 7.49. The molecule has 46 valence electrons. The molecule has 0 aliphatic heterocycles. The van der Waals surface area contributed by atoms with Crippen LogP contribution in [0.4, 0.5) is 0 Å². The van der Waals surface area contributed by atoms with Crippen molar-refractivity contribution in [1.29, 1.82) is 0 Å². The summed E-state index contributed by atoms with van der Waals surface area (Å²) in [5.41, 5.74) is 0. The monoisotopic (exact) mass is 142 g/mol. The molecule has 0 heterocycles. The maximum atomic E-state index is 1.50. The summed E-state index contributed by atoms with van der Waals surface area (Å²) in [6, 6.07) is 0. The summed E-state index contributed by atoms with van der Waals surface area (Å²) in [6.07, 6.45) is 9.00. The van der Waals surface area contributed by atoms with Crippen molar-refractivity contribution in [3.8, 4) is 0 Å². The van der Waals surface area contributed by atoms with E-state index < -0.39 is 0 Å². The zero-order chi connectivity index (χ0) is 4.24. The number of hydrogen-bond donors (Lipinski definition) is 0. The van der Waals surface area contributed by atoms with Gasteiger partial charge < -0.3 is 0 Å². The van der Waals surface area contributed by atoms with Crippen molar-refractivity contribution in [3.63, 3.8) is 0 Å². The van der Waals surface area contributed by atoms with Gasteiger partial charge in [0.2, 0.25) is 0 Å². The van der Waals surface area contributed by atoms with Gasteiger partial charge in [0.15, 0.2) is 0 Å². The number of hydrogen-bond acceptors (Lipinski definition) is 0. The molecule has 0 saturated heterocycles. The van der Waals surface area contributed by atoms with Gasteiger partial charge in [-0.2, -0.15) is 0 Å². The van der Waals surface area contributed by atoms with Gasteiger partial charge in [-0.15, -0.1) is 0 Å². The van der Waals surface area contributed by atoms with Gasteiger partial charge in [0.1, 0.15) is 0 Å². The zero-order valence-electron chi connectivity index (χ0n) is 4.56. The molecule has 7 heavy (non-hydrogen) atoms. The fourth-order valence-corrected chi connectivity index (χ4v) is 1.06. The second-order valence-corrected chi connectivity index (χ2v) is 2.12. The molecule has 0 aromatic rings. The van der Waals surface area contributed by atoms with Crippen LogP contribution in [0.5, 0.6) is 0 Å². The van der Waals surface area contributed by atoms with Crippen molar-refractivity contribution in [3.05, 3.63) is 0 Å². The molecule has 0 bridgehead atoms. The molecule has 0 atom stereocenters. The van der Waals surface area contributed by atoms with Crippen molar-refractivity contribution in [2.75, 3.05) is 0 Å². The van der Waals surface area contributed by atoms with Crippen LogP contribution in [0.1, 0.15) is 38.5 Å². The Labute approximate surface area is 55.6 Å². The third kappa shape index (κ3) is 3.11. The molecule has 1 fully saturated rings. The smallest absolute Gasteiger partial charge is 0 e. The SMILES string of the molecule is C1CCCCC1.[Ni]. The van der Waals surface area contributed by atoms with E-state index in [1.807, 2.05) is 0 Å². The van der Waals surface area contributed by atoms with Gasteiger partial charge in [0.25, 0.3) is 0 Å². The van der Waals surface area contributed by atoms with Gasteiger partial charge in [-0.3, -0.25) is 0 Å². The summed E-state index contributed by atoms with van der Waals surface area (Å²) in [5, 5.41) is 0. The van der Waals surface area contributed by atoms with E-state index in [0.29, 0.717) is 0 Å². The van der Waals surface area contributed by atoms with Gasteiger partial charge in [0.05, 0.1) is 0 Å². The van der Waals surface area contributed by atoms with Gasteiger partial charge in [0, 0.05) is 16.5 Å². The molecule has 0 unspecified atom stereocenters. The third-order valence-corrected chi connectivity index (χ3v) is 1.50. The minimum Gasteiger partial charge on any atom is -0.0533 e. The maximum absolute atomic E-state index is 1.50. The molecule has 0 N–H and O–H groups in total. The summed E-state index contributed by atoms with van der Waals surface area (Å²) in [4.78, 5) is 0. The minimum atomic E-state index is 0. The van der Waals surface area contributed by atoms with Crippen LogP contribution in [0.25, 0.3) is 0 Å². The van der Waals surface area contributed by atoms with Gasteiger partial charge in [-0.1, -0.05) is 38.5 Å². The Morgan fingerprint density at radius 1 is 0.429 bits per heavy atom. The largest absolute Gasteiger partial charge is 0.0533 e. The van der Waals surface area contributed by atoms with Crippen molar-refractivity contribution in [2.24, 2.45) is 0 Å². The predicted octanol–water partition coefficient (Wildman–Crippen LogP) is 2.34. The van der Waals surface area contributed by atoms with E-state index in [4.69, 9.17) is 0 Å². The Morgan fingerprint density at radius 3 is 0.714 bits per heavy atom. The van der Waals surface area contributed by atoms with Crippen LogP contribution in [0.3, 0.4) is 0 Å². The second-order valence-electron chi connectivity index (χ2n) is 2.12. The predicted molar refractivity (Wildman–Crippen MR) is 27.7 cm³/mol. The van der Waals surface area contributed by atoms with Crippen LogP contribution in [-0.2, 0) is 16.5 Å². The zero-order valence-corrected chi connectivity index (χ0v) is 5.55. The molecule has 0 amide bonds. The van der Waals surface area contributed by atoms with E-state index in [-0.39, 0.29) is 16.5 Å². The topological polar surface area (TPSA) is 0 Å². The molecule has 0 nitrogen and oxygen atoms in total. The van der Waals surface area contributed by atoms with Crippen LogP contribution in [-0.4, -0.2) is 0 Å². The average molecular weight is 143 g/mol. The Hall–Kier alpha value is 0.494. The van der Waals surface area contributed by atoms with Gasteiger partial charge in [-0.25, -0.2) is 0 Å². The quantitative estimate of drug-likeness (QED) is 0.456. The Kier molecular flexibility index (Phi) is 4.98. The van der Waals surface area contributed by atoms with E-state index >= 15 is 0 Å². The molecular weight excluding hydrogens is 131 g/mol. The summed E-state index contributed by atoms with van der Waals surface area (Å²) >= 11 is 0. The molecule has 1 heteroatoms. The fraction of sp³-hybridized carbons (Fsp3) is 1.00. The molecule has 0 aromatic heterocycles. The molecule has 0 spiro atoms. The summed E-state index contributed by atoms with van der Waals surface area (Å²) < 4.78 is 0. The molecule has 0 radical (unpaired) electrons. The van der Waals surface area contributed by atoms with Crippen LogP contribution in [0, 0.1) is 0 Å². The Bertz CT molecular complexity index is 19.7. The van der Waals surface area contributed by atoms with Crippen molar-refractivity contribution < 1.29 is 16.5 Å². The first-order valence-corrected chi connectivity index (χ1v) is 3.00. The van der Waals surface area contributed by atoms with E-state index in [2.05, 4.69) is 0 Å². The van der Waals surface area contributed by atoms with Crippen molar-refractivity contribution in [2.45, 2.75) is 38.5 Å². The molecule has 0 aromatic carbocycles. The third-order valence-electron chi connectivity index (χ3n) is 1.50. The van der Waals surface area contributed by atoms with Crippen molar-refractivity contribution >= 4 is 0 Å². The van der Waals surface area contributed by atoms with Crippen LogP contribution >= 0.6 is 0 Å². The fourth-order valence-electron chi connectivity index (χ4n) is 1.06. The first-order valence-electron chi connectivity index (χ1n) is 3.00. The van der Waals surface area contributed by atoms with Gasteiger partial charge in [-0.05, 0) is 0 Å². The second kappa shape index (κ2) is 4.65. The molecular formula is C6H12Ni. The summed E-state index contributed by atoms with van der Waals surface area (Å²) in [5.74, 6) is 0. The summed E-state index contributed by atoms with van der Waals surface area (Å²) in [6.45, 7) is 0.